The first kappa shape index (κ1) is 20.6. The van der Waals surface area contributed by atoms with Gasteiger partial charge in [0.1, 0.15) is 12.1 Å². The minimum absolute atomic E-state index is 0.146. The molecule has 2 aromatic carbocycles. The fraction of sp³-hybridized carbons (Fsp3) is 0.333. The molecule has 1 heterocycles. The summed E-state index contributed by atoms with van der Waals surface area (Å²) in [5, 5.41) is 11.7. The number of carbonyl (C=O) groups is 3. The second-order valence-corrected chi connectivity index (χ2v) is 8.07. The zero-order valence-electron chi connectivity index (χ0n) is 17.4. The van der Waals surface area contributed by atoms with Crippen LogP contribution < -0.4 is 10.2 Å². The molecule has 7 nitrogen and oxygen atoms in total. The lowest BCUT2D eigenvalue weighted by Crippen LogP contribution is -2.45. The molecule has 31 heavy (non-hydrogen) atoms. The molecule has 1 N–H and O–H groups in total. The Hall–Kier alpha value is -3.66. The van der Waals surface area contributed by atoms with Crippen LogP contribution in [0.25, 0.3) is 0 Å². The molecule has 1 atom stereocenters. The summed E-state index contributed by atoms with van der Waals surface area (Å²) in [6.07, 6.45) is 3.24. The maximum absolute atomic E-state index is 13.3. The van der Waals surface area contributed by atoms with Crippen molar-refractivity contribution in [3.8, 4) is 6.07 Å². The minimum Gasteiger partial charge on any atom is -0.319 e. The van der Waals surface area contributed by atoms with E-state index < -0.39 is 23.4 Å². The third-order valence-electron chi connectivity index (χ3n) is 6.06. The first-order chi connectivity index (χ1) is 14.9. The van der Waals surface area contributed by atoms with Crippen molar-refractivity contribution in [3.63, 3.8) is 0 Å². The van der Waals surface area contributed by atoms with Gasteiger partial charge in [-0.25, -0.2) is 4.79 Å². The number of hydrogen-bond donors (Lipinski definition) is 1. The summed E-state index contributed by atoms with van der Waals surface area (Å²) >= 11 is 0. The third-order valence-corrected chi connectivity index (χ3v) is 6.06. The lowest BCUT2D eigenvalue weighted by atomic mass is 9.89. The van der Waals surface area contributed by atoms with Crippen molar-refractivity contribution in [1.82, 2.24) is 10.2 Å². The van der Waals surface area contributed by atoms with E-state index in [1.54, 1.807) is 31.2 Å². The highest BCUT2D eigenvalue weighted by Gasteiger charge is 2.50. The van der Waals surface area contributed by atoms with Crippen molar-refractivity contribution in [3.05, 3.63) is 65.2 Å². The van der Waals surface area contributed by atoms with Gasteiger partial charge in [-0.3, -0.25) is 14.5 Å². The van der Waals surface area contributed by atoms with Gasteiger partial charge in [0, 0.05) is 12.2 Å². The second-order valence-electron chi connectivity index (χ2n) is 8.07. The zero-order valence-corrected chi connectivity index (χ0v) is 17.4. The van der Waals surface area contributed by atoms with Crippen LogP contribution in [0.3, 0.4) is 0 Å². The van der Waals surface area contributed by atoms with Crippen molar-refractivity contribution < 1.29 is 14.4 Å². The van der Waals surface area contributed by atoms with E-state index >= 15 is 0 Å². The molecular weight excluding hydrogens is 392 g/mol. The number of benzene rings is 2. The van der Waals surface area contributed by atoms with Gasteiger partial charge in [-0.2, -0.15) is 5.26 Å². The van der Waals surface area contributed by atoms with Crippen molar-refractivity contribution in [2.24, 2.45) is 0 Å². The summed E-state index contributed by atoms with van der Waals surface area (Å²) in [4.78, 5) is 41.4. The largest absolute Gasteiger partial charge is 0.325 e. The number of amides is 4. The Morgan fingerprint density at radius 1 is 1.16 bits per heavy atom. The van der Waals surface area contributed by atoms with E-state index in [9.17, 15) is 14.4 Å². The maximum atomic E-state index is 13.3. The van der Waals surface area contributed by atoms with Crippen LogP contribution in [0, 0.1) is 11.3 Å². The molecular formula is C24H24N4O3. The number of nitriles is 1. The zero-order chi connectivity index (χ0) is 22.0. The summed E-state index contributed by atoms with van der Waals surface area (Å²) in [5.41, 5.74) is 2.63. The number of hydrogen-bond acceptors (Lipinski definition) is 4. The first-order valence-electron chi connectivity index (χ1n) is 10.4. The number of rotatable bonds is 6. The van der Waals surface area contributed by atoms with Crippen molar-refractivity contribution >= 4 is 23.5 Å². The minimum atomic E-state index is -1.21. The Labute approximate surface area is 181 Å². The molecule has 0 aromatic heterocycles. The van der Waals surface area contributed by atoms with Gasteiger partial charge in [-0.15, -0.1) is 0 Å². The molecule has 0 spiro atoms. The van der Waals surface area contributed by atoms with E-state index in [0.29, 0.717) is 5.69 Å². The van der Waals surface area contributed by atoms with Gasteiger partial charge >= 0.3 is 6.03 Å². The standard InChI is InChI=1S/C24H24N4O3/c1-24(19-12-11-17-7-5-8-18(17)15-19)22(30)28(23(31)26-24)16-21(29)27(14-6-13-25)20-9-3-2-4-10-20/h2-4,9-12,15H,5-8,14,16H2,1H3,(H,26,31). The summed E-state index contributed by atoms with van der Waals surface area (Å²) in [6, 6.07) is 16.3. The average Bonchev–Trinajstić information content (AvgIpc) is 3.33. The summed E-state index contributed by atoms with van der Waals surface area (Å²) in [7, 11) is 0. The van der Waals surface area contributed by atoms with E-state index in [1.807, 2.05) is 30.3 Å². The Kier molecular flexibility index (Phi) is 5.47. The number of aryl methyl sites for hydroxylation is 2. The molecule has 7 heteroatoms. The van der Waals surface area contributed by atoms with Crippen LogP contribution in [0.1, 0.15) is 36.5 Å². The summed E-state index contributed by atoms with van der Waals surface area (Å²) in [5.74, 6) is -0.861. The number of imide groups is 1. The van der Waals surface area contributed by atoms with E-state index in [2.05, 4.69) is 5.32 Å². The van der Waals surface area contributed by atoms with Crippen molar-refractivity contribution in [2.45, 2.75) is 38.1 Å². The molecule has 1 aliphatic heterocycles. The Bertz CT molecular complexity index is 1080. The Morgan fingerprint density at radius 3 is 2.65 bits per heavy atom. The van der Waals surface area contributed by atoms with Crippen LogP contribution in [-0.2, 0) is 28.0 Å². The number of anilines is 1. The van der Waals surface area contributed by atoms with Gasteiger partial charge in [0.25, 0.3) is 5.91 Å². The Morgan fingerprint density at radius 2 is 1.90 bits per heavy atom. The normalized spacial score (nSPS) is 19.7. The van der Waals surface area contributed by atoms with E-state index in [4.69, 9.17) is 5.26 Å². The van der Waals surface area contributed by atoms with Gasteiger partial charge in [-0.1, -0.05) is 36.4 Å². The predicted octanol–water partition coefficient (Wildman–Crippen LogP) is 2.89. The van der Waals surface area contributed by atoms with Crippen molar-refractivity contribution in [2.75, 3.05) is 18.0 Å². The third kappa shape index (κ3) is 3.77. The molecule has 1 aliphatic carbocycles. The molecule has 2 aromatic rings. The highest BCUT2D eigenvalue weighted by atomic mass is 16.2. The average molecular weight is 416 g/mol. The van der Waals surface area contributed by atoms with Crippen LogP contribution >= 0.6 is 0 Å². The molecule has 1 saturated heterocycles. The van der Waals surface area contributed by atoms with E-state index in [0.717, 1.165) is 29.7 Å². The van der Waals surface area contributed by atoms with Crippen LogP contribution in [0.15, 0.2) is 48.5 Å². The fourth-order valence-electron chi connectivity index (χ4n) is 4.31. The quantitative estimate of drug-likeness (QED) is 0.733. The van der Waals surface area contributed by atoms with Crippen LogP contribution in [0.4, 0.5) is 10.5 Å². The number of nitrogens with one attached hydrogen (secondary N) is 1. The lowest BCUT2D eigenvalue weighted by Gasteiger charge is -2.25. The maximum Gasteiger partial charge on any atom is 0.325 e. The van der Waals surface area contributed by atoms with Crippen LogP contribution in [-0.4, -0.2) is 35.8 Å². The van der Waals surface area contributed by atoms with E-state index in [-0.39, 0.29) is 19.5 Å². The molecule has 1 fully saturated rings. The number of nitrogens with zero attached hydrogens (tertiary/aromatic N) is 3. The van der Waals surface area contributed by atoms with Crippen molar-refractivity contribution in [1.29, 1.82) is 5.26 Å². The van der Waals surface area contributed by atoms with Gasteiger partial charge in [0.2, 0.25) is 5.91 Å². The second kappa shape index (κ2) is 8.23. The van der Waals surface area contributed by atoms with Crippen LogP contribution in [0.2, 0.25) is 0 Å². The predicted molar refractivity (Wildman–Crippen MR) is 115 cm³/mol. The molecule has 4 rings (SSSR count). The topological polar surface area (TPSA) is 93.5 Å². The molecule has 2 aliphatic rings. The number of urea groups is 1. The summed E-state index contributed by atoms with van der Waals surface area (Å²) in [6.45, 7) is 1.48. The van der Waals surface area contributed by atoms with Gasteiger partial charge in [-0.05, 0) is 55.0 Å². The SMILES string of the molecule is CC1(c2ccc3c(c2)CCC3)NC(=O)N(CC(=O)N(CCC#N)c2ccccc2)C1=O. The molecule has 0 saturated carbocycles. The molecule has 0 radical (unpaired) electrons. The summed E-state index contributed by atoms with van der Waals surface area (Å²) < 4.78 is 0. The van der Waals surface area contributed by atoms with Gasteiger partial charge < -0.3 is 10.2 Å². The van der Waals surface area contributed by atoms with E-state index in [1.165, 1.54) is 16.0 Å². The number of fused-ring (bicyclic) bond motifs is 1. The lowest BCUT2D eigenvalue weighted by molar-refractivity contribution is -0.134. The molecule has 0 bridgehead atoms. The number of carbonyl (C=O) groups excluding carboxylic acids is 3. The molecule has 4 amide bonds. The van der Waals surface area contributed by atoms with Gasteiger partial charge in [0.05, 0.1) is 12.5 Å². The highest BCUT2D eigenvalue weighted by Crippen LogP contribution is 2.32. The monoisotopic (exact) mass is 416 g/mol. The highest BCUT2D eigenvalue weighted by molar-refractivity contribution is 6.10. The molecule has 158 valence electrons. The first-order valence-corrected chi connectivity index (χ1v) is 10.4. The molecule has 1 unspecified atom stereocenters. The van der Waals surface area contributed by atoms with Gasteiger partial charge in [0.15, 0.2) is 0 Å². The smallest absolute Gasteiger partial charge is 0.319 e. The Balaban J connectivity index is 1.56. The number of para-hydroxylation sites is 1. The fourth-order valence-corrected chi connectivity index (χ4v) is 4.31. The van der Waals surface area contributed by atoms with Crippen LogP contribution in [0.5, 0.6) is 0 Å².